The van der Waals surface area contributed by atoms with Gasteiger partial charge in [0.2, 0.25) is 0 Å². The number of nitrogens with zero attached hydrogens (tertiary/aromatic N) is 1. The van der Waals surface area contributed by atoms with Gasteiger partial charge in [0.05, 0.1) is 19.2 Å². The minimum atomic E-state index is -0.0606. The fourth-order valence-corrected chi connectivity index (χ4v) is 1.31. The van der Waals surface area contributed by atoms with Crippen LogP contribution in [-0.2, 0) is 0 Å². The molecule has 0 saturated heterocycles. The van der Waals surface area contributed by atoms with E-state index in [-0.39, 0.29) is 5.96 Å². The number of guanidine groups is 1. The first-order valence-electron chi connectivity index (χ1n) is 4.09. The van der Waals surface area contributed by atoms with Crippen LogP contribution in [0.2, 0.25) is 5.02 Å². The molecule has 0 saturated carbocycles. The molecule has 0 spiro atoms. The molecule has 0 aromatic heterocycles. The predicted octanol–water partition coefficient (Wildman–Crippen LogP) is 1.26. The van der Waals surface area contributed by atoms with Crippen molar-refractivity contribution in [3.63, 3.8) is 0 Å². The Morgan fingerprint density at radius 3 is 2.27 bits per heavy atom. The molecule has 0 unspecified atom stereocenters. The van der Waals surface area contributed by atoms with Gasteiger partial charge in [0.15, 0.2) is 5.96 Å². The van der Waals surface area contributed by atoms with Gasteiger partial charge in [0.1, 0.15) is 17.2 Å². The van der Waals surface area contributed by atoms with Crippen LogP contribution in [0.15, 0.2) is 17.1 Å². The number of benzene rings is 1. The van der Waals surface area contributed by atoms with Crippen LogP contribution in [0, 0.1) is 0 Å². The summed E-state index contributed by atoms with van der Waals surface area (Å²) in [5, 5.41) is 0.415. The molecule has 0 heterocycles. The third kappa shape index (κ3) is 2.66. The average Bonchev–Trinajstić information content (AvgIpc) is 2.17. The molecular formula is C9H12ClN3O2. The molecule has 4 N–H and O–H groups in total. The van der Waals surface area contributed by atoms with Crippen molar-refractivity contribution in [3.05, 3.63) is 17.2 Å². The van der Waals surface area contributed by atoms with Crippen LogP contribution in [0.4, 0.5) is 5.69 Å². The maximum absolute atomic E-state index is 5.91. The molecule has 5 nitrogen and oxygen atoms in total. The van der Waals surface area contributed by atoms with Crippen LogP contribution in [0.25, 0.3) is 0 Å². The number of hydrogen-bond acceptors (Lipinski definition) is 3. The molecule has 0 fully saturated rings. The van der Waals surface area contributed by atoms with Gasteiger partial charge in [-0.1, -0.05) is 11.6 Å². The number of halogens is 1. The summed E-state index contributed by atoms with van der Waals surface area (Å²) in [6.45, 7) is 0. The Balaban J connectivity index is 3.27. The first kappa shape index (κ1) is 11.5. The van der Waals surface area contributed by atoms with Gasteiger partial charge in [-0.05, 0) is 6.07 Å². The summed E-state index contributed by atoms with van der Waals surface area (Å²) in [5.41, 5.74) is 11.0. The summed E-state index contributed by atoms with van der Waals surface area (Å²) in [7, 11) is 3.02. The Kier molecular flexibility index (Phi) is 3.62. The maximum atomic E-state index is 5.91. The minimum Gasteiger partial charge on any atom is -0.495 e. The van der Waals surface area contributed by atoms with E-state index in [4.69, 9.17) is 32.5 Å². The first-order chi connectivity index (χ1) is 7.08. The lowest BCUT2D eigenvalue weighted by Crippen LogP contribution is -2.21. The zero-order valence-corrected chi connectivity index (χ0v) is 9.21. The lowest BCUT2D eigenvalue weighted by molar-refractivity contribution is 0.395. The van der Waals surface area contributed by atoms with E-state index in [2.05, 4.69) is 4.99 Å². The molecule has 0 bridgehead atoms. The third-order valence-electron chi connectivity index (χ3n) is 1.70. The molecule has 6 heteroatoms. The fraction of sp³-hybridized carbons (Fsp3) is 0.222. The van der Waals surface area contributed by atoms with Gasteiger partial charge in [0, 0.05) is 6.07 Å². The molecule has 0 aliphatic carbocycles. The van der Waals surface area contributed by atoms with E-state index in [9.17, 15) is 0 Å². The van der Waals surface area contributed by atoms with E-state index in [0.717, 1.165) is 0 Å². The second kappa shape index (κ2) is 4.75. The van der Waals surface area contributed by atoms with E-state index in [1.54, 1.807) is 12.1 Å². The highest BCUT2D eigenvalue weighted by atomic mass is 35.5. The van der Waals surface area contributed by atoms with Crippen LogP contribution in [0.3, 0.4) is 0 Å². The highest BCUT2D eigenvalue weighted by Gasteiger charge is 2.09. The van der Waals surface area contributed by atoms with Crippen LogP contribution in [0.1, 0.15) is 0 Å². The Morgan fingerprint density at radius 2 is 1.80 bits per heavy atom. The van der Waals surface area contributed by atoms with Crippen LogP contribution in [0.5, 0.6) is 11.5 Å². The highest BCUT2D eigenvalue weighted by molar-refractivity contribution is 6.32. The van der Waals surface area contributed by atoms with Crippen molar-refractivity contribution in [2.45, 2.75) is 0 Å². The van der Waals surface area contributed by atoms with E-state index >= 15 is 0 Å². The molecular weight excluding hydrogens is 218 g/mol. The maximum Gasteiger partial charge on any atom is 0.191 e. The van der Waals surface area contributed by atoms with Gasteiger partial charge < -0.3 is 20.9 Å². The SMILES string of the molecule is COc1cc(OC)c(N=C(N)N)cc1Cl. The van der Waals surface area contributed by atoms with Crippen molar-refractivity contribution < 1.29 is 9.47 Å². The number of methoxy groups -OCH3 is 2. The molecule has 0 atom stereocenters. The van der Waals surface area contributed by atoms with Crippen LogP contribution >= 0.6 is 11.6 Å². The molecule has 0 aliphatic rings. The Bertz CT molecular complexity index is 389. The second-order valence-electron chi connectivity index (χ2n) is 2.70. The van der Waals surface area contributed by atoms with Crippen molar-refractivity contribution in [3.8, 4) is 11.5 Å². The summed E-state index contributed by atoms with van der Waals surface area (Å²) < 4.78 is 10.1. The van der Waals surface area contributed by atoms with E-state index in [1.165, 1.54) is 14.2 Å². The van der Waals surface area contributed by atoms with Crippen LogP contribution in [-0.4, -0.2) is 20.2 Å². The predicted molar refractivity (Wildman–Crippen MR) is 60.0 cm³/mol. The molecule has 1 aromatic rings. The van der Waals surface area contributed by atoms with Gasteiger partial charge in [0.25, 0.3) is 0 Å². The molecule has 1 aromatic carbocycles. The third-order valence-corrected chi connectivity index (χ3v) is 2.00. The van der Waals surface area contributed by atoms with Crippen molar-refractivity contribution in [1.29, 1.82) is 0 Å². The standard InChI is InChI=1S/C9H12ClN3O2/c1-14-7-4-8(15-2)6(3-5(7)10)13-9(11)12/h3-4H,1-2H3,(H4,11,12,13). The Hall–Kier alpha value is -1.62. The number of aliphatic imine (C=N–C) groups is 1. The van der Waals surface area contributed by atoms with Gasteiger partial charge in [-0.3, -0.25) is 0 Å². The van der Waals surface area contributed by atoms with Crippen molar-refractivity contribution in [1.82, 2.24) is 0 Å². The average molecular weight is 230 g/mol. The number of nitrogens with two attached hydrogens (primary N) is 2. The lowest BCUT2D eigenvalue weighted by Gasteiger charge is -2.08. The van der Waals surface area contributed by atoms with Gasteiger partial charge in [-0.25, -0.2) is 4.99 Å². The molecule has 82 valence electrons. The Morgan fingerprint density at radius 1 is 1.20 bits per heavy atom. The second-order valence-corrected chi connectivity index (χ2v) is 3.10. The first-order valence-corrected chi connectivity index (χ1v) is 4.47. The molecule has 0 aliphatic heterocycles. The number of rotatable bonds is 3. The van der Waals surface area contributed by atoms with Crippen molar-refractivity contribution in [2.24, 2.45) is 16.5 Å². The fourth-order valence-electron chi connectivity index (χ4n) is 1.07. The number of hydrogen-bond donors (Lipinski definition) is 2. The van der Waals surface area contributed by atoms with E-state index in [1.807, 2.05) is 0 Å². The van der Waals surface area contributed by atoms with Crippen LogP contribution < -0.4 is 20.9 Å². The number of ether oxygens (including phenoxy) is 2. The van der Waals surface area contributed by atoms with Gasteiger partial charge in [-0.15, -0.1) is 0 Å². The molecule has 1 rings (SSSR count). The monoisotopic (exact) mass is 229 g/mol. The lowest BCUT2D eigenvalue weighted by atomic mass is 10.3. The Labute approximate surface area is 92.6 Å². The van der Waals surface area contributed by atoms with E-state index in [0.29, 0.717) is 22.2 Å². The summed E-state index contributed by atoms with van der Waals surface area (Å²) in [5.74, 6) is 0.933. The zero-order valence-electron chi connectivity index (χ0n) is 8.45. The van der Waals surface area contributed by atoms with E-state index < -0.39 is 0 Å². The zero-order chi connectivity index (χ0) is 11.4. The summed E-state index contributed by atoms with van der Waals surface area (Å²) in [6.07, 6.45) is 0. The normalized spacial score (nSPS) is 9.53. The highest BCUT2D eigenvalue weighted by Crippen LogP contribution is 2.37. The molecule has 0 radical (unpaired) electrons. The van der Waals surface area contributed by atoms with Gasteiger partial charge >= 0.3 is 0 Å². The quantitative estimate of drug-likeness (QED) is 0.604. The summed E-state index contributed by atoms with van der Waals surface area (Å²) in [6, 6.07) is 3.18. The summed E-state index contributed by atoms with van der Waals surface area (Å²) >= 11 is 5.91. The van der Waals surface area contributed by atoms with Gasteiger partial charge in [-0.2, -0.15) is 0 Å². The smallest absolute Gasteiger partial charge is 0.191 e. The minimum absolute atomic E-state index is 0.0606. The summed E-state index contributed by atoms with van der Waals surface area (Å²) in [4.78, 5) is 3.87. The largest absolute Gasteiger partial charge is 0.495 e. The van der Waals surface area contributed by atoms with Crippen molar-refractivity contribution in [2.75, 3.05) is 14.2 Å². The topological polar surface area (TPSA) is 82.9 Å². The molecule has 15 heavy (non-hydrogen) atoms. The van der Waals surface area contributed by atoms with Crippen molar-refractivity contribution >= 4 is 23.2 Å². The molecule has 0 amide bonds.